The molecule has 0 radical (unpaired) electrons. The number of fused-ring (bicyclic) bond motifs is 1. The van der Waals surface area contributed by atoms with Gasteiger partial charge in [0.1, 0.15) is 5.82 Å². The molecule has 1 aromatic heterocycles. The average Bonchev–Trinajstić information content (AvgIpc) is 3.05. The molecule has 1 aliphatic carbocycles. The summed E-state index contributed by atoms with van der Waals surface area (Å²) >= 11 is 1.35. The summed E-state index contributed by atoms with van der Waals surface area (Å²) in [7, 11) is 0. The number of hydrogen-bond donors (Lipinski definition) is 2. The fourth-order valence-corrected chi connectivity index (χ4v) is 4.32. The Kier molecular flexibility index (Phi) is 5.10. The molecule has 0 spiro atoms. The second kappa shape index (κ2) is 6.52. The van der Waals surface area contributed by atoms with E-state index in [0.717, 1.165) is 35.9 Å². The number of aryl methyl sites for hydroxylation is 1. The molecule has 3 nitrogen and oxygen atoms in total. The van der Waals surface area contributed by atoms with Crippen molar-refractivity contribution in [2.45, 2.75) is 38.1 Å². The zero-order valence-corrected chi connectivity index (χ0v) is 14.1. The van der Waals surface area contributed by atoms with Crippen LogP contribution in [-0.2, 0) is 0 Å². The van der Waals surface area contributed by atoms with Crippen molar-refractivity contribution in [2.75, 3.05) is 6.54 Å². The van der Waals surface area contributed by atoms with Gasteiger partial charge in [-0.15, -0.1) is 23.7 Å². The summed E-state index contributed by atoms with van der Waals surface area (Å²) in [5, 5.41) is 3.66. The van der Waals surface area contributed by atoms with Crippen LogP contribution < -0.4 is 11.1 Å². The molecule has 0 bridgehead atoms. The van der Waals surface area contributed by atoms with Gasteiger partial charge in [0.25, 0.3) is 5.91 Å². The van der Waals surface area contributed by atoms with E-state index in [9.17, 15) is 9.18 Å². The van der Waals surface area contributed by atoms with Crippen molar-refractivity contribution in [1.29, 1.82) is 0 Å². The largest absolute Gasteiger partial charge is 0.345 e. The Morgan fingerprint density at radius 3 is 2.68 bits per heavy atom. The number of carbonyl (C=O) groups excluding carboxylic acids is 1. The summed E-state index contributed by atoms with van der Waals surface area (Å²) in [6.07, 6.45) is 4.04. The number of hydrogen-bond acceptors (Lipinski definition) is 3. The van der Waals surface area contributed by atoms with Crippen LogP contribution >= 0.6 is 23.7 Å². The lowest BCUT2D eigenvalue weighted by molar-refractivity contribution is 0.0907. The van der Waals surface area contributed by atoms with E-state index in [1.165, 1.54) is 17.4 Å². The molecule has 120 valence electrons. The molecule has 3 N–H and O–H groups in total. The van der Waals surface area contributed by atoms with Crippen LogP contribution in [0.4, 0.5) is 4.39 Å². The Balaban J connectivity index is 0.00000176. The third kappa shape index (κ3) is 2.85. The molecule has 1 heterocycles. The highest BCUT2D eigenvalue weighted by atomic mass is 35.5. The van der Waals surface area contributed by atoms with E-state index in [0.29, 0.717) is 16.8 Å². The van der Waals surface area contributed by atoms with E-state index < -0.39 is 0 Å². The molecular formula is C16H20ClFN2OS. The molecular weight excluding hydrogens is 323 g/mol. The first-order valence-corrected chi connectivity index (χ1v) is 8.08. The number of nitrogens with two attached hydrogens (primary N) is 1. The van der Waals surface area contributed by atoms with Crippen molar-refractivity contribution in [3.8, 4) is 0 Å². The van der Waals surface area contributed by atoms with Crippen LogP contribution in [0.15, 0.2) is 18.2 Å². The lowest BCUT2D eigenvalue weighted by Gasteiger charge is -2.28. The maximum Gasteiger partial charge on any atom is 0.262 e. The van der Waals surface area contributed by atoms with E-state index in [2.05, 4.69) is 5.32 Å². The summed E-state index contributed by atoms with van der Waals surface area (Å²) in [5.74, 6) is -0.393. The maximum absolute atomic E-state index is 13.9. The smallest absolute Gasteiger partial charge is 0.262 e. The first-order valence-electron chi connectivity index (χ1n) is 7.26. The monoisotopic (exact) mass is 342 g/mol. The third-order valence-electron chi connectivity index (χ3n) is 4.44. The summed E-state index contributed by atoms with van der Waals surface area (Å²) < 4.78 is 14.7. The van der Waals surface area contributed by atoms with Gasteiger partial charge < -0.3 is 11.1 Å². The number of nitrogens with one attached hydrogen (secondary N) is 1. The van der Waals surface area contributed by atoms with Gasteiger partial charge in [-0.3, -0.25) is 4.79 Å². The normalized spacial score (nSPS) is 16.5. The van der Waals surface area contributed by atoms with E-state index in [4.69, 9.17) is 5.73 Å². The van der Waals surface area contributed by atoms with Crippen LogP contribution in [0.2, 0.25) is 0 Å². The van der Waals surface area contributed by atoms with Gasteiger partial charge in [-0.05, 0) is 37.5 Å². The van der Waals surface area contributed by atoms with E-state index >= 15 is 0 Å². The second-order valence-corrected chi connectivity index (χ2v) is 6.87. The van der Waals surface area contributed by atoms with Gasteiger partial charge in [-0.1, -0.05) is 18.9 Å². The molecule has 22 heavy (non-hydrogen) atoms. The molecule has 0 aliphatic heterocycles. The highest BCUT2D eigenvalue weighted by molar-refractivity contribution is 7.21. The molecule has 0 atom stereocenters. The van der Waals surface area contributed by atoms with Crippen LogP contribution in [0, 0.1) is 12.7 Å². The Labute approximate surface area is 139 Å². The Hall–Kier alpha value is -1.17. The zero-order valence-electron chi connectivity index (χ0n) is 12.4. The summed E-state index contributed by atoms with van der Waals surface area (Å²) in [6.45, 7) is 2.26. The molecule has 3 rings (SSSR count). The van der Waals surface area contributed by atoms with Gasteiger partial charge in [0.15, 0.2) is 0 Å². The van der Waals surface area contributed by atoms with Crippen molar-refractivity contribution >= 4 is 39.7 Å². The lowest BCUT2D eigenvalue weighted by Crippen LogP contribution is -2.51. The average molecular weight is 343 g/mol. The first kappa shape index (κ1) is 17.2. The lowest BCUT2D eigenvalue weighted by atomic mass is 9.97. The molecule has 6 heteroatoms. The van der Waals surface area contributed by atoms with Crippen LogP contribution in [0.25, 0.3) is 10.1 Å². The number of benzene rings is 1. The summed E-state index contributed by atoms with van der Waals surface area (Å²) in [5.41, 5.74) is 6.30. The molecule has 1 aliphatic rings. The van der Waals surface area contributed by atoms with Crippen LogP contribution in [0.5, 0.6) is 0 Å². The minimum absolute atomic E-state index is 0. The summed E-state index contributed by atoms with van der Waals surface area (Å²) in [4.78, 5) is 13.2. The van der Waals surface area contributed by atoms with E-state index in [-0.39, 0.29) is 29.7 Å². The number of amides is 1. The van der Waals surface area contributed by atoms with Gasteiger partial charge in [-0.2, -0.15) is 0 Å². The van der Waals surface area contributed by atoms with Crippen molar-refractivity contribution in [2.24, 2.45) is 5.73 Å². The topological polar surface area (TPSA) is 55.1 Å². The molecule has 1 fully saturated rings. The quantitative estimate of drug-likeness (QED) is 0.892. The van der Waals surface area contributed by atoms with E-state index in [1.54, 1.807) is 13.0 Å². The van der Waals surface area contributed by atoms with E-state index in [1.807, 2.05) is 6.07 Å². The number of rotatable bonds is 3. The predicted octanol–water partition coefficient (Wildman–Crippen LogP) is 3.77. The van der Waals surface area contributed by atoms with Crippen LogP contribution in [0.3, 0.4) is 0 Å². The molecule has 0 saturated heterocycles. The van der Waals surface area contributed by atoms with Crippen molar-refractivity contribution in [1.82, 2.24) is 5.32 Å². The van der Waals surface area contributed by atoms with Gasteiger partial charge in [-0.25, -0.2) is 4.39 Å². The minimum atomic E-state index is -0.280. The van der Waals surface area contributed by atoms with Crippen molar-refractivity contribution in [3.63, 3.8) is 0 Å². The highest BCUT2D eigenvalue weighted by Crippen LogP contribution is 2.34. The molecule has 1 aromatic carbocycles. The second-order valence-electron chi connectivity index (χ2n) is 5.81. The van der Waals surface area contributed by atoms with Crippen molar-refractivity contribution < 1.29 is 9.18 Å². The Morgan fingerprint density at radius 2 is 2.09 bits per heavy atom. The fourth-order valence-electron chi connectivity index (χ4n) is 3.20. The SMILES string of the molecule is Cc1c(C(=O)NC2(CN)CCCC2)sc2cccc(F)c12.Cl. The molecule has 2 aromatic rings. The fraction of sp³-hybridized carbons (Fsp3) is 0.438. The molecule has 1 saturated carbocycles. The van der Waals surface area contributed by atoms with Gasteiger partial charge in [0.05, 0.1) is 10.4 Å². The Bertz CT molecular complexity index is 695. The number of halogens is 2. The molecule has 0 unspecified atom stereocenters. The zero-order chi connectivity index (χ0) is 15.0. The Morgan fingerprint density at radius 1 is 1.41 bits per heavy atom. The van der Waals surface area contributed by atoms with Gasteiger partial charge in [0.2, 0.25) is 0 Å². The van der Waals surface area contributed by atoms with Gasteiger partial charge >= 0.3 is 0 Å². The van der Waals surface area contributed by atoms with Crippen LogP contribution in [0.1, 0.15) is 40.9 Å². The maximum atomic E-state index is 13.9. The predicted molar refractivity (Wildman–Crippen MR) is 91.5 cm³/mol. The number of carbonyl (C=O) groups is 1. The third-order valence-corrected chi connectivity index (χ3v) is 5.70. The van der Waals surface area contributed by atoms with Gasteiger partial charge in [0, 0.05) is 16.6 Å². The van der Waals surface area contributed by atoms with Crippen molar-refractivity contribution in [3.05, 3.63) is 34.5 Å². The first-order chi connectivity index (χ1) is 10.1. The highest BCUT2D eigenvalue weighted by Gasteiger charge is 2.34. The van der Waals surface area contributed by atoms with Crippen LogP contribution in [-0.4, -0.2) is 18.0 Å². The number of thiophene rings is 1. The standard InChI is InChI=1S/C16H19FN2OS.ClH/c1-10-13-11(17)5-4-6-12(13)21-14(10)15(20)19-16(9-18)7-2-3-8-16;/h4-6H,2-3,7-9,18H2,1H3,(H,19,20);1H. The summed E-state index contributed by atoms with van der Waals surface area (Å²) in [6, 6.07) is 4.96. The minimum Gasteiger partial charge on any atom is -0.345 e. The molecule has 1 amide bonds.